The van der Waals surface area contributed by atoms with E-state index in [2.05, 4.69) is 35.8 Å². The summed E-state index contributed by atoms with van der Waals surface area (Å²) in [5.41, 5.74) is 1.52. The number of rotatable bonds is 0. The predicted molar refractivity (Wildman–Crippen MR) is 36.4 cm³/mol. The average Bonchev–Trinajstić information content (AvgIpc) is 2.34. The van der Waals surface area contributed by atoms with E-state index in [9.17, 15) is 0 Å². The number of nitrogens with zero attached hydrogens (tertiary/aromatic N) is 4. The Bertz CT molecular complexity index is 319. The van der Waals surface area contributed by atoms with E-state index in [4.69, 9.17) is 0 Å². The van der Waals surface area contributed by atoms with Crippen LogP contribution in [0.5, 0.6) is 0 Å². The van der Waals surface area contributed by atoms with Gasteiger partial charge in [0.15, 0.2) is 0 Å². The van der Waals surface area contributed by atoms with E-state index >= 15 is 0 Å². The van der Waals surface area contributed by atoms with Crippen molar-refractivity contribution in [3.63, 3.8) is 0 Å². The summed E-state index contributed by atoms with van der Waals surface area (Å²) in [6.45, 7) is 0. The van der Waals surface area contributed by atoms with Crippen LogP contribution >= 0.6 is 0 Å². The fourth-order valence-electron chi connectivity index (χ4n) is 0.707. The Morgan fingerprint density at radius 1 is 1.30 bits per heavy atom. The Hall–Kier alpha value is -0.931. The van der Waals surface area contributed by atoms with Gasteiger partial charge in [-0.3, -0.25) is 0 Å². The number of aromatic nitrogens is 2. The van der Waals surface area contributed by atoms with Gasteiger partial charge in [-0.2, -0.15) is 0 Å². The molecule has 0 saturated carbocycles. The van der Waals surface area contributed by atoms with Gasteiger partial charge < -0.3 is 0 Å². The van der Waals surface area contributed by atoms with E-state index < -0.39 is 0 Å². The average molecular weight is 197 g/mol. The molecule has 0 saturated heterocycles. The number of hydrogen-bond donors (Lipinski definition) is 0. The normalized spacial score (nSPS) is 13.8. The minimum absolute atomic E-state index is 0.733. The molecule has 1 aromatic rings. The van der Waals surface area contributed by atoms with Crippen molar-refractivity contribution in [1.29, 1.82) is 0 Å². The monoisotopic (exact) mass is 198 g/mol. The molecule has 0 atom stereocenters. The standard InChI is InChI=1S/C5H2N4Se/c10-5-4-3(8-9-5)1-6-2-7-4/h1-2H. The first-order chi connectivity index (χ1) is 4.88. The van der Waals surface area contributed by atoms with Crippen molar-refractivity contribution in [2.45, 2.75) is 0 Å². The fourth-order valence-corrected chi connectivity index (χ4v) is 1.12. The van der Waals surface area contributed by atoms with Crippen molar-refractivity contribution in [3.05, 3.63) is 18.2 Å². The summed E-state index contributed by atoms with van der Waals surface area (Å²) in [7, 11) is 0. The molecule has 48 valence electrons. The van der Waals surface area contributed by atoms with Crippen LogP contribution in [0.3, 0.4) is 0 Å². The summed E-state index contributed by atoms with van der Waals surface area (Å²) in [5, 5.41) is 7.60. The van der Waals surface area contributed by atoms with Crippen molar-refractivity contribution in [2.24, 2.45) is 10.2 Å². The summed E-state index contributed by atoms with van der Waals surface area (Å²) in [6.07, 6.45) is 3.11. The zero-order valence-corrected chi connectivity index (χ0v) is 6.56. The third-order valence-electron chi connectivity index (χ3n) is 1.14. The van der Waals surface area contributed by atoms with E-state index in [0.717, 1.165) is 15.9 Å². The molecule has 1 aromatic heterocycles. The summed E-state index contributed by atoms with van der Waals surface area (Å²) >= 11 is 2.76. The molecule has 0 spiro atoms. The summed E-state index contributed by atoms with van der Waals surface area (Å²) < 4.78 is 0.734. The number of fused-ring (bicyclic) bond motifs is 1. The SMILES string of the molecule is [Se]=C1N=Nc2cncnc21. The quantitative estimate of drug-likeness (QED) is 0.558. The Labute approximate surface area is 64.8 Å². The van der Waals surface area contributed by atoms with Crippen molar-refractivity contribution < 1.29 is 0 Å². The molecule has 1 aliphatic heterocycles. The van der Waals surface area contributed by atoms with Gasteiger partial charge in [0.05, 0.1) is 0 Å². The molecule has 10 heavy (non-hydrogen) atoms. The van der Waals surface area contributed by atoms with Crippen LogP contribution in [0.15, 0.2) is 22.8 Å². The van der Waals surface area contributed by atoms with Crippen LogP contribution in [0.2, 0.25) is 0 Å². The summed E-state index contributed by atoms with van der Waals surface area (Å²) in [6, 6.07) is 0. The first-order valence-corrected chi connectivity index (χ1v) is 3.49. The predicted octanol–water partition coefficient (Wildman–Crippen LogP) is 0.220. The molecule has 0 unspecified atom stereocenters. The molecule has 0 fully saturated rings. The Morgan fingerprint density at radius 2 is 2.20 bits per heavy atom. The molecule has 0 bridgehead atoms. The Balaban J connectivity index is 2.70. The first kappa shape index (κ1) is 5.82. The zero-order valence-electron chi connectivity index (χ0n) is 4.85. The van der Waals surface area contributed by atoms with Gasteiger partial charge in [-0.15, -0.1) is 0 Å². The molecule has 0 radical (unpaired) electrons. The molecule has 2 rings (SSSR count). The van der Waals surface area contributed by atoms with Crippen LogP contribution in [-0.4, -0.2) is 30.1 Å². The van der Waals surface area contributed by atoms with Gasteiger partial charge in [-0.25, -0.2) is 0 Å². The van der Waals surface area contributed by atoms with Crippen molar-refractivity contribution >= 4 is 25.8 Å². The van der Waals surface area contributed by atoms with Crippen LogP contribution in [0.4, 0.5) is 5.69 Å². The molecule has 0 N–H and O–H groups in total. The van der Waals surface area contributed by atoms with Crippen LogP contribution in [0.25, 0.3) is 0 Å². The second-order valence-corrected chi connectivity index (χ2v) is 2.57. The van der Waals surface area contributed by atoms with Crippen LogP contribution in [0.1, 0.15) is 5.69 Å². The molecule has 0 aromatic carbocycles. The van der Waals surface area contributed by atoms with E-state index in [0.29, 0.717) is 0 Å². The van der Waals surface area contributed by atoms with Gasteiger partial charge >= 0.3 is 64.2 Å². The maximum absolute atomic E-state index is 3.97. The van der Waals surface area contributed by atoms with Gasteiger partial charge in [0, 0.05) is 0 Å². The molecule has 0 aliphatic carbocycles. The van der Waals surface area contributed by atoms with Crippen molar-refractivity contribution in [1.82, 2.24) is 9.97 Å². The molecule has 1 aliphatic rings. The van der Waals surface area contributed by atoms with Gasteiger partial charge in [0.2, 0.25) is 0 Å². The molecular weight excluding hydrogens is 195 g/mol. The molecule has 4 nitrogen and oxygen atoms in total. The van der Waals surface area contributed by atoms with Crippen LogP contribution in [-0.2, 0) is 0 Å². The van der Waals surface area contributed by atoms with Crippen molar-refractivity contribution in [3.8, 4) is 0 Å². The molecule has 0 amide bonds. The van der Waals surface area contributed by atoms with Gasteiger partial charge in [0.25, 0.3) is 0 Å². The van der Waals surface area contributed by atoms with Gasteiger partial charge in [-0.05, 0) is 0 Å². The third-order valence-corrected chi connectivity index (χ3v) is 1.72. The van der Waals surface area contributed by atoms with E-state index in [-0.39, 0.29) is 0 Å². The summed E-state index contributed by atoms with van der Waals surface area (Å²) in [4.78, 5) is 7.77. The Kier molecular flexibility index (Phi) is 1.19. The molecule has 2 heterocycles. The van der Waals surface area contributed by atoms with Crippen molar-refractivity contribution in [2.75, 3.05) is 0 Å². The van der Waals surface area contributed by atoms with Gasteiger partial charge in [0.1, 0.15) is 0 Å². The third kappa shape index (κ3) is 0.716. The maximum atomic E-state index is 3.97. The summed E-state index contributed by atoms with van der Waals surface area (Å²) in [5.74, 6) is 0. The van der Waals surface area contributed by atoms with E-state index in [1.54, 1.807) is 6.20 Å². The van der Waals surface area contributed by atoms with Crippen LogP contribution in [0, 0.1) is 0 Å². The van der Waals surface area contributed by atoms with E-state index in [1.165, 1.54) is 6.33 Å². The van der Waals surface area contributed by atoms with Crippen LogP contribution < -0.4 is 0 Å². The molecule has 5 heteroatoms. The first-order valence-electron chi connectivity index (χ1n) is 2.64. The number of azo groups is 1. The molecular formula is C5H2N4Se. The Morgan fingerprint density at radius 3 is 3.00 bits per heavy atom. The second-order valence-electron chi connectivity index (χ2n) is 1.76. The number of hydrogen-bond acceptors (Lipinski definition) is 4. The minimum atomic E-state index is 0.733. The second kappa shape index (κ2) is 2.04. The van der Waals surface area contributed by atoms with E-state index in [1.807, 2.05) is 0 Å². The fraction of sp³-hybridized carbons (Fsp3) is 0. The zero-order chi connectivity index (χ0) is 6.97. The van der Waals surface area contributed by atoms with Gasteiger partial charge in [-0.1, -0.05) is 0 Å². The topological polar surface area (TPSA) is 50.5 Å².